The SMILES string of the molecule is CCOc1cc2c(cc1NC(=O)c1cccc3cccnc13)OC(C)C2. The number of pyridine rings is 1. The summed E-state index contributed by atoms with van der Waals surface area (Å²) in [7, 11) is 0. The molecule has 2 heterocycles. The smallest absolute Gasteiger partial charge is 0.257 e. The lowest BCUT2D eigenvalue weighted by Crippen LogP contribution is -2.14. The highest BCUT2D eigenvalue weighted by Crippen LogP contribution is 2.38. The minimum Gasteiger partial charge on any atom is -0.492 e. The number of nitrogens with one attached hydrogen (secondary N) is 1. The largest absolute Gasteiger partial charge is 0.492 e. The molecular formula is C21H20N2O3. The Morgan fingerprint density at radius 1 is 1.31 bits per heavy atom. The van der Waals surface area contributed by atoms with E-state index in [-0.39, 0.29) is 12.0 Å². The summed E-state index contributed by atoms with van der Waals surface area (Å²) >= 11 is 0. The minimum absolute atomic E-state index is 0.132. The first-order valence-electron chi connectivity index (χ1n) is 8.77. The normalized spacial score (nSPS) is 15.4. The topological polar surface area (TPSA) is 60.5 Å². The molecule has 0 bridgehead atoms. The van der Waals surface area contributed by atoms with Gasteiger partial charge in [0.05, 0.1) is 23.4 Å². The van der Waals surface area contributed by atoms with Crippen molar-refractivity contribution in [3.05, 3.63) is 59.8 Å². The molecule has 132 valence electrons. The third-order valence-corrected chi connectivity index (χ3v) is 4.42. The molecule has 1 amide bonds. The Hall–Kier alpha value is -3.08. The van der Waals surface area contributed by atoms with E-state index in [0.717, 1.165) is 23.1 Å². The van der Waals surface area contributed by atoms with E-state index in [4.69, 9.17) is 9.47 Å². The van der Waals surface area contributed by atoms with Gasteiger partial charge in [0, 0.05) is 29.6 Å². The molecule has 0 aliphatic carbocycles. The van der Waals surface area contributed by atoms with Crippen LogP contribution < -0.4 is 14.8 Å². The molecule has 4 rings (SSSR count). The van der Waals surface area contributed by atoms with Gasteiger partial charge in [0.1, 0.15) is 17.6 Å². The highest BCUT2D eigenvalue weighted by molar-refractivity contribution is 6.12. The molecule has 3 aromatic rings. The molecule has 1 aliphatic heterocycles. The molecule has 5 nitrogen and oxygen atoms in total. The predicted octanol–water partition coefficient (Wildman–Crippen LogP) is 4.21. The first kappa shape index (κ1) is 16.4. The highest BCUT2D eigenvalue weighted by Gasteiger charge is 2.23. The van der Waals surface area contributed by atoms with E-state index in [0.29, 0.717) is 29.1 Å². The number of rotatable bonds is 4. The van der Waals surface area contributed by atoms with Gasteiger partial charge in [-0.25, -0.2) is 0 Å². The van der Waals surface area contributed by atoms with Gasteiger partial charge >= 0.3 is 0 Å². The number of benzene rings is 2. The van der Waals surface area contributed by atoms with E-state index in [1.807, 2.05) is 50.2 Å². The molecule has 2 aromatic carbocycles. The molecule has 0 fully saturated rings. The third kappa shape index (κ3) is 2.96. The number of fused-ring (bicyclic) bond motifs is 2. The van der Waals surface area contributed by atoms with E-state index in [2.05, 4.69) is 10.3 Å². The van der Waals surface area contributed by atoms with Crippen LogP contribution in [0.2, 0.25) is 0 Å². The number of nitrogens with zero attached hydrogens (tertiary/aromatic N) is 1. The van der Waals surface area contributed by atoms with Crippen molar-refractivity contribution in [2.24, 2.45) is 0 Å². The maximum atomic E-state index is 12.9. The highest BCUT2D eigenvalue weighted by atomic mass is 16.5. The van der Waals surface area contributed by atoms with Gasteiger partial charge in [-0.3, -0.25) is 9.78 Å². The van der Waals surface area contributed by atoms with E-state index >= 15 is 0 Å². The molecule has 1 N–H and O–H groups in total. The number of hydrogen-bond acceptors (Lipinski definition) is 4. The van der Waals surface area contributed by atoms with Crippen LogP contribution in [0, 0.1) is 0 Å². The van der Waals surface area contributed by atoms with E-state index in [9.17, 15) is 4.79 Å². The van der Waals surface area contributed by atoms with Crippen molar-refractivity contribution in [2.75, 3.05) is 11.9 Å². The summed E-state index contributed by atoms with van der Waals surface area (Å²) in [6, 6.07) is 13.2. The van der Waals surface area contributed by atoms with Crippen LogP contribution in [0.15, 0.2) is 48.7 Å². The molecule has 1 aromatic heterocycles. The van der Waals surface area contributed by atoms with Crippen LogP contribution in [0.25, 0.3) is 10.9 Å². The average molecular weight is 348 g/mol. The van der Waals surface area contributed by atoms with Crippen molar-refractivity contribution in [1.29, 1.82) is 0 Å². The Labute approximate surface area is 152 Å². The van der Waals surface area contributed by atoms with E-state index in [1.54, 1.807) is 12.3 Å². The second kappa shape index (κ2) is 6.67. The molecule has 0 saturated carbocycles. The summed E-state index contributed by atoms with van der Waals surface area (Å²) in [6.07, 6.45) is 2.67. The second-order valence-corrected chi connectivity index (χ2v) is 6.36. The zero-order chi connectivity index (χ0) is 18.1. The van der Waals surface area contributed by atoms with Crippen molar-refractivity contribution in [1.82, 2.24) is 4.98 Å². The van der Waals surface area contributed by atoms with E-state index in [1.165, 1.54) is 0 Å². The van der Waals surface area contributed by atoms with Gasteiger partial charge in [-0.1, -0.05) is 18.2 Å². The molecule has 26 heavy (non-hydrogen) atoms. The van der Waals surface area contributed by atoms with Crippen LogP contribution in [0.5, 0.6) is 11.5 Å². The number of para-hydroxylation sites is 1. The Bertz CT molecular complexity index is 979. The van der Waals surface area contributed by atoms with Gasteiger partial charge in [0.2, 0.25) is 0 Å². The average Bonchev–Trinajstić information content (AvgIpc) is 3.00. The predicted molar refractivity (Wildman–Crippen MR) is 101 cm³/mol. The van der Waals surface area contributed by atoms with Crippen LogP contribution >= 0.6 is 0 Å². The fourth-order valence-electron chi connectivity index (χ4n) is 3.29. The molecule has 5 heteroatoms. The zero-order valence-corrected chi connectivity index (χ0v) is 14.8. The number of carbonyl (C=O) groups excluding carboxylic acids is 1. The lowest BCUT2D eigenvalue weighted by Gasteiger charge is -2.14. The van der Waals surface area contributed by atoms with Crippen LogP contribution in [-0.2, 0) is 6.42 Å². The lowest BCUT2D eigenvalue weighted by atomic mass is 10.1. The van der Waals surface area contributed by atoms with Crippen molar-refractivity contribution in [3.63, 3.8) is 0 Å². The Kier molecular flexibility index (Phi) is 4.21. The van der Waals surface area contributed by atoms with Gasteiger partial charge in [-0.2, -0.15) is 0 Å². The fourth-order valence-corrected chi connectivity index (χ4v) is 3.29. The van der Waals surface area contributed by atoms with Crippen molar-refractivity contribution < 1.29 is 14.3 Å². The summed E-state index contributed by atoms with van der Waals surface area (Å²) in [6.45, 7) is 4.47. The van der Waals surface area contributed by atoms with Crippen LogP contribution in [0.3, 0.4) is 0 Å². The molecule has 0 saturated heterocycles. The number of ether oxygens (including phenoxy) is 2. The van der Waals surface area contributed by atoms with Crippen LogP contribution in [0.1, 0.15) is 29.8 Å². The van der Waals surface area contributed by atoms with E-state index < -0.39 is 0 Å². The van der Waals surface area contributed by atoms with Gasteiger partial charge in [-0.15, -0.1) is 0 Å². The quantitative estimate of drug-likeness (QED) is 0.767. The Morgan fingerprint density at radius 3 is 3.00 bits per heavy atom. The summed E-state index contributed by atoms with van der Waals surface area (Å²) in [5, 5.41) is 3.89. The summed E-state index contributed by atoms with van der Waals surface area (Å²) < 4.78 is 11.6. The van der Waals surface area contributed by atoms with Gasteiger partial charge < -0.3 is 14.8 Å². The molecular weight excluding hydrogens is 328 g/mol. The fraction of sp³-hybridized carbons (Fsp3) is 0.238. The lowest BCUT2D eigenvalue weighted by molar-refractivity contribution is 0.102. The Balaban J connectivity index is 1.70. The standard InChI is InChI=1S/C21H20N2O3/c1-3-25-19-11-15-10-13(2)26-18(15)12-17(19)23-21(24)16-8-4-6-14-7-5-9-22-20(14)16/h4-9,11-13H,3,10H2,1-2H3,(H,23,24). The summed E-state index contributed by atoms with van der Waals surface area (Å²) in [5.41, 5.74) is 2.92. The summed E-state index contributed by atoms with van der Waals surface area (Å²) in [4.78, 5) is 17.3. The number of hydrogen-bond donors (Lipinski definition) is 1. The van der Waals surface area contributed by atoms with Crippen LogP contribution in [-0.4, -0.2) is 23.6 Å². The molecule has 0 spiro atoms. The first-order chi connectivity index (χ1) is 12.7. The zero-order valence-electron chi connectivity index (χ0n) is 14.8. The first-order valence-corrected chi connectivity index (χ1v) is 8.77. The number of carbonyl (C=O) groups is 1. The van der Waals surface area contributed by atoms with Crippen molar-refractivity contribution in [2.45, 2.75) is 26.4 Å². The third-order valence-electron chi connectivity index (χ3n) is 4.42. The maximum absolute atomic E-state index is 12.9. The summed E-state index contributed by atoms with van der Waals surface area (Å²) in [5.74, 6) is 1.24. The minimum atomic E-state index is -0.221. The van der Waals surface area contributed by atoms with Gasteiger partial charge in [0.25, 0.3) is 5.91 Å². The van der Waals surface area contributed by atoms with Crippen molar-refractivity contribution in [3.8, 4) is 11.5 Å². The maximum Gasteiger partial charge on any atom is 0.257 e. The number of anilines is 1. The number of amides is 1. The molecule has 1 aliphatic rings. The monoisotopic (exact) mass is 348 g/mol. The van der Waals surface area contributed by atoms with Crippen LogP contribution in [0.4, 0.5) is 5.69 Å². The number of aromatic nitrogens is 1. The Morgan fingerprint density at radius 2 is 2.15 bits per heavy atom. The molecule has 1 atom stereocenters. The molecule has 1 unspecified atom stereocenters. The van der Waals surface area contributed by atoms with Gasteiger partial charge in [-0.05, 0) is 32.0 Å². The van der Waals surface area contributed by atoms with Crippen molar-refractivity contribution >= 4 is 22.5 Å². The second-order valence-electron chi connectivity index (χ2n) is 6.36. The molecule has 0 radical (unpaired) electrons. The van der Waals surface area contributed by atoms with Gasteiger partial charge in [0.15, 0.2) is 0 Å².